The topological polar surface area (TPSA) is 23.5 Å². The van der Waals surface area contributed by atoms with Crippen LogP contribution >= 0.6 is 11.6 Å². The highest BCUT2D eigenvalue weighted by molar-refractivity contribution is 6.30. The fraction of sp³-hybridized carbons (Fsp3) is 0.500. The number of nitrogens with zero attached hydrogens (tertiary/aromatic N) is 1. The molecule has 82 valence electrons. The zero-order valence-electron chi connectivity index (χ0n) is 8.86. The quantitative estimate of drug-likeness (QED) is 0.835. The number of likely N-dealkylation sites (tertiary alicyclic amines) is 1. The van der Waals surface area contributed by atoms with Crippen LogP contribution in [0.2, 0.25) is 5.02 Å². The first-order chi connectivity index (χ1) is 7.22. The number of benzene rings is 1. The van der Waals surface area contributed by atoms with Crippen molar-refractivity contribution in [3.05, 3.63) is 34.9 Å². The Morgan fingerprint density at radius 2 is 2.07 bits per heavy atom. The van der Waals surface area contributed by atoms with Gasteiger partial charge in [0.15, 0.2) is 0 Å². The minimum atomic E-state index is 0.262. The summed E-state index contributed by atoms with van der Waals surface area (Å²) in [6, 6.07) is 8.27. The Hall–Kier alpha value is -0.570. The van der Waals surface area contributed by atoms with Crippen molar-refractivity contribution < 1.29 is 5.11 Å². The number of halogens is 1. The van der Waals surface area contributed by atoms with Gasteiger partial charge < -0.3 is 5.11 Å². The average molecular weight is 226 g/mol. The second kappa shape index (κ2) is 4.52. The molecule has 2 atom stereocenters. The van der Waals surface area contributed by atoms with Gasteiger partial charge in [0, 0.05) is 23.6 Å². The summed E-state index contributed by atoms with van der Waals surface area (Å²) < 4.78 is 0. The molecule has 2 nitrogen and oxygen atoms in total. The van der Waals surface area contributed by atoms with E-state index in [0.717, 1.165) is 18.0 Å². The van der Waals surface area contributed by atoms with E-state index in [-0.39, 0.29) is 6.61 Å². The molecule has 0 amide bonds. The first-order valence-corrected chi connectivity index (χ1v) is 5.66. The molecule has 0 radical (unpaired) electrons. The normalized spacial score (nSPS) is 27.1. The van der Waals surface area contributed by atoms with Gasteiger partial charge in [0.2, 0.25) is 0 Å². The third-order valence-corrected chi connectivity index (χ3v) is 3.47. The van der Waals surface area contributed by atoms with Crippen LogP contribution in [0.3, 0.4) is 0 Å². The van der Waals surface area contributed by atoms with E-state index in [0.29, 0.717) is 12.0 Å². The Balaban J connectivity index is 2.24. The third-order valence-electron chi connectivity index (χ3n) is 3.22. The van der Waals surface area contributed by atoms with E-state index in [2.05, 4.69) is 24.1 Å². The molecule has 0 aliphatic carbocycles. The molecule has 1 N–H and O–H groups in total. The molecule has 1 aromatic rings. The molecular weight excluding hydrogens is 210 g/mol. The van der Waals surface area contributed by atoms with E-state index in [4.69, 9.17) is 11.6 Å². The number of rotatable bonds is 2. The Morgan fingerprint density at radius 1 is 1.40 bits per heavy atom. The smallest absolute Gasteiger partial charge is 0.0478 e. The molecule has 1 fully saturated rings. The van der Waals surface area contributed by atoms with Crippen LogP contribution in [0.5, 0.6) is 0 Å². The minimum Gasteiger partial charge on any atom is -0.396 e. The molecule has 1 heterocycles. The Labute approximate surface area is 95.5 Å². The van der Waals surface area contributed by atoms with E-state index >= 15 is 0 Å². The van der Waals surface area contributed by atoms with Crippen LogP contribution in [0.4, 0.5) is 0 Å². The molecule has 0 aromatic heterocycles. The van der Waals surface area contributed by atoms with Gasteiger partial charge >= 0.3 is 0 Å². The maximum absolute atomic E-state index is 9.32. The van der Waals surface area contributed by atoms with Crippen molar-refractivity contribution in [1.29, 1.82) is 0 Å². The molecule has 1 aliphatic heterocycles. The molecule has 15 heavy (non-hydrogen) atoms. The van der Waals surface area contributed by atoms with Crippen molar-refractivity contribution in [3.63, 3.8) is 0 Å². The lowest BCUT2D eigenvalue weighted by molar-refractivity contribution is 0.182. The van der Waals surface area contributed by atoms with Gasteiger partial charge in [0.05, 0.1) is 0 Å². The standard InChI is InChI=1S/C12H16ClNO/c1-14-7-6-10(8-15)12(14)9-2-4-11(13)5-3-9/h2-5,10,12,15H,6-8H2,1H3. The van der Waals surface area contributed by atoms with Crippen LogP contribution < -0.4 is 0 Å². The first-order valence-electron chi connectivity index (χ1n) is 5.29. The summed E-state index contributed by atoms with van der Waals surface area (Å²) in [5.74, 6) is 0.358. The van der Waals surface area contributed by atoms with Gasteiger partial charge in [-0.1, -0.05) is 23.7 Å². The first kappa shape index (κ1) is 10.9. The molecule has 2 unspecified atom stereocenters. The minimum absolute atomic E-state index is 0.262. The number of hydrogen-bond acceptors (Lipinski definition) is 2. The summed E-state index contributed by atoms with van der Waals surface area (Å²) in [4.78, 5) is 2.30. The predicted octanol–water partition coefficient (Wildman–Crippen LogP) is 2.33. The molecule has 0 bridgehead atoms. The fourth-order valence-corrected chi connectivity index (χ4v) is 2.53. The summed E-state index contributed by atoms with van der Waals surface area (Å²) in [7, 11) is 2.11. The fourth-order valence-electron chi connectivity index (χ4n) is 2.40. The lowest BCUT2D eigenvalue weighted by Gasteiger charge is -2.24. The van der Waals surface area contributed by atoms with Crippen molar-refractivity contribution in [1.82, 2.24) is 4.90 Å². The summed E-state index contributed by atoms with van der Waals surface area (Å²) in [5.41, 5.74) is 1.25. The van der Waals surface area contributed by atoms with E-state index in [9.17, 15) is 5.11 Å². The highest BCUT2D eigenvalue weighted by atomic mass is 35.5. The molecule has 2 rings (SSSR count). The summed E-state index contributed by atoms with van der Waals surface area (Å²) in [6.45, 7) is 1.32. The monoisotopic (exact) mass is 225 g/mol. The molecule has 1 aromatic carbocycles. The summed E-state index contributed by atoms with van der Waals surface area (Å²) in [5, 5.41) is 10.1. The van der Waals surface area contributed by atoms with Crippen molar-refractivity contribution in [2.24, 2.45) is 5.92 Å². The van der Waals surface area contributed by atoms with Crippen molar-refractivity contribution in [3.8, 4) is 0 Å². The third kappa shape index (κ3) is 2.17. The van der Waals surface area contributed by atoms with Crippen molar-refractivity contribution in [2.75, 3.05) is 20.2 Å². The van der Waals surface area contributed by atoms with Gasteiger partial charge in [0.1, 0.15) is 0 Å². The van der Waals surface area contributed by atoms with Crippen LogP contribution in [0, 0.1) is 5.92 Å². The number of aliphatic hydroxyl groups excluding tert-OH is 1. The molecular formula is C12H16ClNO. The average Bonchev–Trinajstić information content (AvgIpc) is 2.61. The van der Waals surface area contributed by atoms with E-state index in [1.165, 1.54) is 5.56 Å². The molecule has 0 saturated carbocycles. The van der Waals surface area contributed by atoms with Gasteiger partial charge in [-0.3, -0.25) is 4.90 Å². The lowest BCUT2D eigenvalue weighted by atomic mass is 9.95. The Morgan fingerprint density at radius 3 is 2.67 bits per heavy atom. The van der Waals surface area contributed by atoms with Gasteiger partial charge in [0.25, 0.3) is 0 Å². The molecule has 1 saturated heterocycles. The van der Waals surface area contributed by atoms with E-state index in [1.807, 2.05) is 12.1 Å². The van der Waals surface area contributed by atoms with Gasteiger partial charge in [-0.25, -0.2) is 0 Å². The second-order valence-corrected chi connectivity index (χ2v) is 4.64. The van der Waals surface area contributed by atoms with Gasteiger partial charge in [-0.15, -0.1) is 0 Å². The Bertz CT molecular complexity index is 325. The SMILES string of the molecule is CN1CCC(CO)C1c1ccc(Cl)cc1. The summed E-state index contributed by atoms with van der Waals surface area (Å²) >= 11 is 5.86. The van der Waals surface area contributed by atoms with Crippen LogP contribution in [0.25, 0.3) is 0 Å². The highest BCUT2D eigenvalue weighted by Gasteiger charge is 2.32. The van der Waals surface area contributed by atoms with Crippen LogP contribution in [-0.4, -0.2) is 30.2 Å². The second-order valence-electron chi connectivity index (χ2n) is 4.21. The molecule has 3 heteroatoms. The predicted molar refractivity (Wildman–Crippen MR) is 62.0 cm³/mol. The van der Waals surface area contributed by atoms with E-state index < -0.39 is 0 Å². The Kier molecular flexibility index (Phi) is 3.29. The zero-order valence-corrected chi connectivity index (χ0v) is 9.61. The zero-order chi connectivity index (χ0) is 10.8. The summed E-state index contributed by atoms with van der Waals surface area (Å²) in [6.07, 6.45) is 1.07. The van der Waals surface area contributed by atoms with Crippen LogP contribution in [-0.2, 0) is 0 Å². The molecule has 0 spiro atoms. The van der Waals surface area contributed by atoms with Gasteiger partial charge in [-0.2, -0.15) is 0 Å². The maximum Gasteiger partial charge on any atom is 0.0478 e. The maximum atomic E-state index is 9.32. The van der Waals surface area contributed by atoms with Gasteiger partial charge in [-0.05, 0) is 37.7 Å². The van der Waals surface area contributed by atoms with E-state index in [1.54, 1.807) is 0 Å². The highest BCUT2D eigenvalue weighted by Crippen LogP contribution is 2.35. The lowest BCUT2D eigenvalue weighted by Crippen LogP contribution is -2.22. The largest absolute Gasteiger partial charge is 0.396 e. The van der Waals surface area contributed by atoms with Crippen molar-refractivity contribution >= 4 is 11.6 Å². The number of hydrogen-bond donors (Lipinski definition) is 1. The van der Waals surface area contributed by atoms with Crippen LogP contribution in [0.15, 0.2) is 24.3 Å². The van der Waals surface area contributed by atoms with Crippen molar-refractivity contribution in [2.45, 2.75) is 12.5 Å². The number of aliphatic hydroxyl groups is 1. The van der Waals surface area contributed by atoms with Crippen LogP contribution in [0.1, 0.15) is 18.0 Å². The molecule has 1 aliphatic rings.